The third kappa shape index (κ3) is 4.39. The summed E-state index contributed by atoms with van der Waals surface area (Å²) < 4.78 is 39.9. The van der Waals surface area contributed by atoms with E-state index in [4.69, 9.17) is 0 Å². The van der Waals surface area contributed by atoms with E-state index >= 15 is 0 Å². The lowest BCUT2D eigenvalue weighted by atomic mass is 9.86. The minimum absolute atomic E-state index is 0.0682. The van der Waals surface area contributed by atoms with Gasteiger partial charge < -0.3 is 10.6 Å². The fraction of sp³-hybridized carbons (Fsp3) is 0.316. The van der Waals surface area contributed by atoms with Crippen LogP contribution in [0.5, 0.6) is 0 Å². The van der Waals surface area contributed by atoms with E-state index in [1.807, 2.05) is 0 Å². The fourth-order valence-electron chi connectivity index (χ4n) is 3.24. The first kappa shape index (κ1) is 17.5. The molecular weight excluding hydrogens is 329 g/mol. The van der Waals surface area contributed by atoms with E-state index in [1.165, 1.54) is 18.2 Å². The molecule has 3 nitrogen and oxygen atoms in total. The van der Waals surface area contributed by atoms with Gasteiger partial charge in [-0.2, -0.15) is 0 Å². The minimum Gasteiger partial charge on any atom is -0.351 e. The molecule has 2 N–H and O–H groups in total. The van der Waals surface area contributed by atoms with Crippen molar-refractivity contribution in [3.05, 3.63) is 71.0 Å². The molecule has 1 fully saturated rings. The van der Waals surface area contributed by atoms with Crippen molar-refractivity contribution >= 4 is 5.91 Å². The van der Waals surface area contributed by atoms with Crippen molar-refractivity contribution in [1.29, 1.82) is 0 Å². The van der Waals surface area contributed by atoms with Crippen LogP contribution in [0.1, 0.15) is 23.5 Å². The van der Waals surface area contributed by atoms with Crippen LogP contribution in [0.25, 0.3) is 0 Å². The second-order valence-corrected chi connectivity index (χ2v) is 6.25. The van der Waals surface area contributed by atoms with Crippen LogP contribution in [-0.4, -0.2) is 25.0 Å². The Balaban J connectivity index is 1.70. The number of carbonyl (C=O) groups is 1. The summed E-state index contributed by atoms with van der Waals surface area (Å²) in [7, 11) is 0. The highest BCUT2D eigenvalue weighted by atomic mass is 19.2. The number of hydrogen-bond acceptors (Lipinski definition) is 2. The molecule has 1 amide bonds. The molecule has 25 heavy (non-hydrogen) atoms. The molecule has 0 aromatic heterocycles. The SMILES string of the molecule is O=C(Cc1cccc(F)c1)NC1CNCCC1c1ccc(F)c(F)c1. The van der Waals surface area contributed by atoms with Gasteiger partial charge in [0.1, 0.15) is 5.82 Å². The van der Waals surface area contributed by atoms with E-state index in [2.05, 4.69) is 10.6 Å². The molecule has 2 aromatic rings. The average Bonchev–Trinajstić information content (AvgIpc) is 2.58. The quantitative estimate of drug-likeness (QED) is 0.892. The van der Waals surface area contributed by atoms with Gasteiger partial charge in [0.05, 0.1) is 6.42 Å². The van der Waals surface area contributed by atoms with Gasteiger partial charge in [0.15, 0.2) is 11.6 Å². The molecule has 6 heteroatoms. The van der Waals surface area contributed by atoms with E-state index < -0.39 is 11.6 Å². The average molecular weight is 348 g/mol. The Morgan fingerprint density at radius 1 is 1.12 bits per heavy atom. The third-order valence-electron chi connectivity index (χ3n) is 4.45. The summed E-state index contributed by atoms with van der Waals surface area (Å²) in [6.45, 7) is 1.28. The molecule has 0 radical (unpaired) electrons. The number of piperidine rings is 1. The maximum absolute atomic E-state index is 13.5. The summed E-state index contributed by atoms with van der Waals surface area (Å²) in [6, 6.07) is 9.52. The van der Waals surface area contributed by atoms with E-state index in [-0.39, 0.29) is 30.1 Å². The molecule has 1 heterocycles. The lowest BCUT2D eigenvalue weighted by Gasteiger charge is -2.33. The second-order valence-electron chi connectivity index (χ2n) is 6.25. The molecule has 0 spiro atoms. The summed E-state index contributed by atoms with van der Waals surface area (Å²) in [5, 5.41) is 6.13. The molecular formula is C19H19F3N2O. The van der Waals surface area contributed by atoms with Crippen LogP contribution in [0, 0.1) is 17.5 Å². The first-order valence-electron chi connectivity index (χ1n) is 8.22. The molecule has 2 aromatic carbocycles. The largest absolute Gasteiger partial charge is 0.351 e. The first-order chi connectivity index (χ1) is 12.0. The number of nitrogens with one attached hydrogen (secondary N) is 2. The zero-order chi connectivity index (χ0) is 17.8. The Morgan fingerprint density at radius 3 is 2.72 bits per heavy atom. The Bertz CT molecular complexity index is 766. The summed E-state index contributed by atoms with van der Waals surface area (Å²) >= 11 is 0. The van der Waals surface area contributed by atoms with Gasteiger partial charge in [-0.3, -0.25) is 4.79 Å². The number of halogens is 3. The molecule has 3 rings (SSSR count). The molecule has 0 bridgehead atoms. The van der Waals surface area contributed by atoms with Gasteiger partial charge in [0.25, 0.3) is 0 Å². The Kier molecular flexibility index (Phi) is 5.38. The smallest absolute Gasteiger partial charge is 0.224 e. The lowest BCUT2D eigenvalue weighted by Crippen LogP contribution is -2.50. The van der Waals surface area contributed by atoms with Crippen molar-refractivity contribution < 1.29 is 18.0 Å². The van der Waals surface area contributed by atoms with Crippen molar-refractivity contribution in [3.63, 3.8) is 0 Å². The fourth-order valence-corrected chi connectivity index (χ4v) is 3.24. The predicted octanol–water partition coefficient (Wildman–Crippen LogP) is 2.91. The summed E-state index contributed by atoms with van der Waals surface area (Å²) in [5.74, 6) is -2.49. The van der Waals surface area contributed by atoms with Crippen molar-refractivity contribution in [2.24, 2.45) is 0 Å². The van der Waals surface area contributed by atoms with E-state index in [0.29, 0.717) is 24.1 Å². The van der Waals surface area contributed by atoms with Crippen molar-refractivity contribution in [3.8, 4) is 0 Å². The Labute approximate surface area is 144 Å². The van der Waals surface area contributed by atoms with Gasteiger partial charge in [-0.15, -0.1) is 0 Å². The first-order valence-corrected chi connectivity index (χ1v) is 8.22. The molecule has 0 aliphatic carbocycles. The normalized spacial score (nSPS) is 20.3. The van der Waals surface area contributed by atoms with Gasteiger partial charge in [0, 0.05) is 18.5 Å². The van der Waals surface area contributed by atoms with Gasteiger partial charge >= 0.3 is 0 Å². The standard InChI is InChI=1S/C19H19F3N2O/c20-14-3-1-2-12(8-14)9-19(25)24-18-11-23-7-6-15(18)13-4-5-16(21)17(22)10-13/h1-5,8,10,15,18,23H,6-7,9,11H2,(H,24,25). The van der Waals surface area contributed by atoms with Gasteiger partial charge in [-0.1, -0.05) is 18.2 Å². The molecule has 1 aliphatic rings. The van der Waals surface area contributed by atoms with Crippen LogP contribution in [-0.2, 0) is 11.2 Å². The van der Waals surface area contributed by atoms with Gasteiger partial charge in [-0.05, 0) is 48.4 Å². The highest BCUT2D eigenvalue weighted by Crippen LogP contribution is 2.27. The van der Waals surface area contributed by atoms with Gasteiger partial charge in [0.2, 0.25) is 5.91 Å². The van der Waals surface area contributed by atoms with Crippen LogP contribution in [0.15, 0.2) is 42.5 Å². The van der Waals surface area contributed by atoms with Crippen LogP contribution in [0.2, 0.25) is 0 Å². The maximum atomic E-state index is 13.5. The summed E-state index contributed by atoms with van der Waals surface area (Å²) in [6.07, 6.45) is 0.773. The monoisotopic (exact) mass is 348 g/mol. The number of rotatable bonds is 4. The minimum atomic E-state index is -0.888. The zero-order valence-electron chi connectivity index (χ0n) is 13.6. The topological polar surface area (TPSA) is 41.1 Å². The number of carbonyl (C=O) groups excluding carboxylic acids is 1. The number of amides is 1. The van der Waals surface area contributed by atoms with Crippen molar-refractivity contribution in [1.82, 2.24) is 10.6 Å². The summed E-state index contributed by atoms with van der Waals surface area (Å²) in [5.41, 5.74) is 1.25. The van der Waals surface area contributed by atoms with E-state index in [9.17, 15) is 18.0 Å². The van der Waals surface area contributed by atoms with Crippen LogP contribution >= 0.6 is 0 Å². The molecule has 2 unspecified atom stereocenters. The molecule has 132 valence electrons. The van der Waals surface area contributed by atoms with Crippen molar-refractivity contribution in [2.45, 2.75) is 24.8 Å². The lowest BCUT2D eigenvalue weighted by molar-refractivity contribution is -0.121. The molecule has 2 atom stereocenters. The van der Waals surface area contributed by atoms with Gasteiger partial charge in [-0.25, -0.2) is 13.2 Å². The third-order valence-corrected chi connectivity index (χ3v) is 4.45. The number of hydrogen-bond donors (Lipinski definition) is 2. The highest BCUT2D eigenvalue weighted by Gasteiger charge is 2.28. The van der Waals surface area contributed by atoms with Crippen LogP contribution in [0.3, 0.4) is 0 Å². The second kappa shape index (κ2) is 7.70. The van der Waals surface area contributed by atoms with Crippen LogP contribution < -0.4 is 10.6 Å². The zero-order valence-corrected chi connectivity index (χ0v) is 13.6. The van der Waals surface area contributed by atoms with Crippen LogP contribution in [0.4, 0.5) is 13.2 Å². The van der Waals surface area contributed by atoms with E-state index in [0.717, 1.165) is 12.6 Å². The molecule has 0 saturated carbocycles. The maximum Gasteiger partial charge on any atom is 0.224 e. The molecule has 1 aliphatic heterocycles. The van der Waals surface area contributed by atoms with Crippen molar-refractivity contribution in [2.75, 3.05) is 13.1 Å². The van der Waals surface area contributed by atoms with E-state index in [1.54, 1.807) is 18.2 Å². The Morgan fingerprint density at radius 2 is 1.96 bits per heavy atom. The highest BCUT2D eigenvalue weighted by molar-refractivity contribution is 5.79. The Hall–Kier alpha value is -2.34. The molecule has 1 saturated heterocycles. The predicted molar refractivity (Wildman–Crippen MR) is 88.6 cm³/mol. The summed E-state index contributed by atoms with van der Waals surface area (Å²) in [4.78, 5) is 12.3. The number of benzene rings is 2.